The average molecular weight is 420 g/mol. The molecule has 3 heterocycles. The third-order valence-corrected chi connectivity index (χ3v) is 6.53. The van der Waals surface area contributed by atoms with Crippen molar-refractivity contribution in [2.45, 2.75) is 31.8 Å². The molecule has 0 spiro atoms. The molecule has 0 fully saturated rings. The van der Waals surface area contributed by atoms with Gasteiger partial charge < -0.3 is 19.8 Å². The van der Waals surface area contributed by atoms with Gasteiger partial charge in [0.05, 0.1) is 11.8 Å². The van der Waals surface area contributed by atoms with Crippen molar-refractivity contribution >= 4 is 34.3 Å². The van der Waals surface area contributed by atoms with E-state index in [2.05, 4.69) is 10.6 Å². The van der Waals surface area contributed by atoms with Gasteiger partial charge in [0, 0.05) is 11.0 Å². The minimum absolute atomic E-state index is 0.0216. The monoisotopic (exact) mass is 420 g/mol. The van der Waals surface area contributed by atoms with Gasteiger partial charge in [-0.3, -0.25) is 4.79 Å². The summed E-state index contributed by atoms with van der Waals surface area (Å²) < 4.78 is 10.5. The van der Waals surface area contributed by atoms with Crippen molar-refractivity contribution < 1.29 is 18.7 Å². The van der Waals surface area contributed by atoms with Crippen LogP contribution in [0.1, 0.15) is 51.1 Å². The summed E-state index contributed by atoms with van der Waals surface area (Å²) in [5, 5.41) is 7.46. The molecule has 0 saturated carbocycles. The number of furan rings is 1. The second-order valence-electron chi connectivity index (χ2n) is 7.30. The third kappa shape index (κ3) is 3.64. The largest absolute Gasteiger partial charge is 0.465 e. The average Bonchev–Trinajstić information content (AvgIpc) is 3.40. The van der Waals surface area contributed by atoms with E-state index in [9.17, 15) is 9.59 Å². The molecule has 6 nitrogen and oxygen atoms in total. The van der Waals surface area contributed by atoms with Gasteiger partial charge in [-0.2, -0.15) is 0 Å². The number of benzene rings is 1. The van der Waals surface area contributed by atoms with Crippen molar-refractivity contribution in [3.8, 4) is 5.75 Å². The van der Waals surface area contributed by atoms with E-state index >= 15 is 0 Å². The van der Waals surface area contributed by atoms with Gasteiger partial charge in [0.1, 0.15) is 22.7 Å². The zero-order valence-electron chi connectivity index (χ0n) is 16.1. The molecule has 152 valence electrons. The second kappa shape index (κ2) is 7.84. The molecule has 0 bridgehead atoms. The smallest absolute Gasteiger partial charge is 0.336 e. The molecule has 2 aliphatic rings. The van der Waals surface area contributed by atoms with E-state index in [1.807, 2.05) is 12.1 Å². The highest BCUT2D eigenvalue weighted by atomic mass is 32.1. The van der Waals surface area contributed by atoms with Crippen LogP contribution in [0.25, 0.3) is 6.08 Å². The Morgan fingerprint density at radius 3 is 2.77 bits per heavy atom. The zero-order chi connectivity index (χ0) is 20.5. The van der Waals surface area contributed by atoms with Crippen LogP contribution in [-0.2, 0) is 17.6 Å². The molecule has 30 heavy (non-hydrogen) atoms. The van der Waals surface area contributed by atoms with E-state index in [0.717, 1.165) is 35.4 Å². The molecular formula is C23H20N2O4S. The van der Waals surface area contributed by atoms with Gasteiger partial charge in [-0.15, -0.1) is 11.3 Å². The lowest BCUT2D eigenvalue weighted by atomic mass is 9.94. The molecule has 1 amide bonds. The molecule has 1 unspecified atom stereocenters. The van der Waals surface area contributed by atoms with Gasteiger partial charge in [-0.1, -0.05) is 12.1 Å². The maximum Gasteiger partial charge on any atom is 0.336 e. The standard InChI is InChI=1S/C23H20N2O4S/c26-19(12-11-15-4-3-13-28-15)29-16-9-7-14(8-10-16)21-24-22(27)20-17-5-1-2-6-18(17)30-23(20)25-21/h3-4,7-13,21,25H,1-2,5-6H2,(H,24,27). The first kappa shape index (κ1) is 18.7. The van der Waals surface area contributed by atoms with Crippen LogP contribution in [0.3, 0.4) is 0 Å². The Kier molecular flexibility index (Phi) is 4.88. The number of amides is 1. The Balaban J connectivity index is 1.27. The number of fused-ring (bicyclic) bond motifs is 3. The van der Waals surface area contributed by atoms with Gasteiger partial charge >= 0.3 is 5.97 Å². The lowest BCUT2D eigenvalue weighted by Gasteiger charge is -2.26. The molecule has 5 rings (SSSR count). The predicted octanol–water partition coefficient (Wildman–Crippen LogP) is 4.69. The molecule has 1 atom stereocenters. The topological polar surface area (TPSA) is 80.6 Å². The van der Waals surface area contributed by atoms with Crippen molar-refractivity contribution in [2.24, 2.45) is 0 Å². The van der Waals surface area contributed by atoms with Crippen molar-refractivity contribution in [1.82, 2.24) is 5.32 Å². The third-order valence-electron chi connectivity index (χ3n) is 5.31. The summed E-state index contributed by atoms with van der Waals surface area (Å²) >= 11 is 1.70. The summed E-state index contributed by atoms with van der Waals surface area (Å²) in [6, 6.07) is 10.6. The maximum atomic E-state index is 12.8. The Morgan fingerprint density at radius 2 is 1.97 bits per heavy atom. The Hall–Kier alpha value is -3.32. The second-order valence-corrected chi connectivity index (χ2v) is 8.41. The van der Waals surface area contributed by atoms with Crippen LogP contribution in [-0.4, -0.2) is 11.9 Å². The maximum absolute atomic E-state index is 12.8. The van der Waals surface area contributed by atoms with Crippen LogP contribution < -0.4 is 15.4 Å². The number of anilines is 1. The van der Waals surface area contributed by atoms with Gasteiger partial charge in [0.15, 0.2) is 0 Å². The zero-order valence-corrected chi connectivity index (χ0v) is 17.0. The Labute approximate surface area is 177 Å². The highest BCUT2D eigenvalue weighted by Gasteiger charge is 2.31. The SMILES string of the molecule is O=C(C=Cc1ccco1)Oc1ccc(C2NC(=O)c3c(sc4c3CCCC4)N2)cc1. The van der Waals surface area contributed by atoms with Crippen LogP contribution in [0.2, 0.25) is 0 Å². The normalized spacial score (nSPS) is 17.7. The minimum atomic E-state index is -0.489. The molecule has 1 aromatic carbocycles. The van der Waals surface area contributed by atoms with Gasteiger partial charge in [-0.25, -0.2) is 4.79 Å². The minimum Gasteiger partial charge on any atom is -0.465 e. The van der Waals surface area contributed by atoms with E-state index < -0.39 is 5.97 Å². The number of hydrogen-bond donors (Lipinski definition) is 2. The molecule has 0 radical (unpaired) electrons. The fourth-order valence-electron chi connectivity index (χ4n) is 3.86. The number of nitrogens with one attached hydrogen (secondary N) is 2. The summed E-state index contributed by atoms with van der Waals surface area (Å²) in [5.41, 5.74) is 2.93. The first-order chi connectivity index (χ1) is 14.7. The lowest BCUT2D eigenvalue weighted by molar-refractivity contribution is -0.128. The highest BCUT2D eigenvalue weighted by Crippen LogP contribution is 2.41. The van der Waals surface area contributed by atoms with Crippen molar-refractivity contribution in [3.63, 3.8) is 0 Å². The van der Waals surface area contributed by atoms with Gasteiger partial charge in [-0.05, 0) is 67.2 Å². The number of thiophene rings is 1. The van der Waals surface area contributed by atoms with Gasteiger partial charge in [0.25, 0.3) is 5.91 Å². The molecule has 3 aromatic rings. The van der Waals surface area contributed by atoms with Crippen LogP contribution >= 0.6 is 11.3 Å². The number of aryl methyl sites for hydroxylation is 1. The lowest BCUT2D eigenvalue weighted by Crippen LogP contribution is -2.38. The molecule has 1 aliphatic carbocycles. The van der Waals surface area contributed by atoms with Crippen LogP contribution in [0, 0.1) is 0 Å². The van der Waals surface area contributed by atoms with E-state index in [-0.39, 0.29) is 12.1 Å². The summed E-state index contributed by atoms with van der Waals surface area (Å²) in [4.78, 5) is 26.0. The van der Waals surface area contributed by atoms with Crippen LogP contribution in [0.5, 0.6) is 5.75 Å². The van der Waals surface area contributed by atoms with Crippen molar-refractivity contribution in [1.29, 1.82) is 0 Å². The fourth-order valence-corrected chi connectivity index (χ4v) is 5.17. The quantitative estimate of drug-likeness (QED) is 0.364. The molecule has 0 saturated heterocycles. The number of hydrogen-bond acceptors (Lipinski definition) is 6. The summed E-state index contributed by atoms with van der Waals surface area (Å²) in [6.45, 7) is 0. The highest BCUT2D eigenvalue weighted by molar-refractivity contribution is 7.16. The Bertz CT molecular complexity index is 1110. The summed E-state index contributed by atoms with van der Waals surface area (Å²) in [5.74, 6) is 0.502. The first-order valence-corrected chi connectivity index (χ1v) is 10.7. The predicted molar refractivity (Wildman–Crippen MR) is 115 cm³/mol. The number of carbonyl (C=O) groups excluding carboxylic acids is 2. The number of esters is 1. The first-order valence-electron chi connectivity index (χ1n) is 9.93. The Morgan fingerprint density at radius 1 is 1.13 bits per heavy atom. The molecule has 2 N–H and O–H groups in total. The number of carbonyl (C=O) groups is 2. The summed E-state index contributed by atoms with van der Waals surface area (Å²) in [7, 11) is 0. The van der Waals surface area contributed by atoms with Crippen molar-refractivity contribution in [2.75, 3.05) is 5.32 Å². The molecule has 2 aromatic heterocycles. The summed E-state index contributed by atoms with van der Waals surface area (Å²) in [6.07, 6.45) is 8.46. The van der Waals surface area contributed by atoms with Crippen LogP contribution in [0.4, 0.5) is 5.00 Å². The fraction of sp³-hybridized carbons (Fsp3) is 0.217. The van der Waals surface area contributed by atoms with E-state index in [0.29, 0.717) is 11.5 Å². The van der Waals surface area contributed by atoms with E-state index in [4.69, 9.17) is 9.15 Å². The van der Waals surface area contributed by atoms with E-state index in [1.54, 1.807) is 41.7 Å². The molecular weight excluding hydrogens is 400 g/mol. The van der Waals surface area contributed by atoms with Crippen molar-refractivity contribution in [3.05, 3.63) is 76.1 Å². The number of ether oxygens (including phenoxy) is 1. The number of rotatable bonds is 4. The molecule has 7 heteroatoms. The van der Waals surface area contributed by atoms with E-state index in [1.165, 1.54) is 29.2 Å². The molecule has 1 aliphatic heterocycles. The van der Waals surface area contributed by atoms with Crippen LogP contribution in [0.15, 0.2) is 53.2 Å². The van der Waals surface area contributed by atoms with Gasteiger partial charge in [0.2, 0.25) is 0 Å².